The minimum atomic E-state index is -0.166. The molecule has 1 aliphatic heterocycles. The van der Waals surface area contributed by atoms with Gasteiger partial charge in [-0.05, 0) is 24.3 Å². The van der Waals surface area contributed by atoms with Crippen LogP contribution in [0.4, 0.5) is 5.69 Å². The molecule has 0 spiro atoms. The lowest BCUT2D eigenvalue weighted by Crippen LogP contribution is -2.21. The lowest BCUT2D eigenvalue weighted by molar-refractivity contribution is -0.116. The van der Waals surface area contributed by atoms with Gasteiger partial charge in [0.15, 0.2) is 5.37 Å². The van der Waals surface area contributed by atoms with Gasteiger partial charge in [-0.1, -0.05) is 0 Å². The number of fused-ring (bicyclic) bond motifs is 1. The minimum Gasteiger partial charge on any atom is -0.330 e. The van der Waals surface area contributed by atoms with Crippen molar-refractivity contribution < 1.29 is 4.79 Å². The molecule has 0 saturated carbocycles. The topological polar surface area (TPSA) is 46.9 Å². The normalized spacial score (nSPS) is 17.8. The van der Waals surface area contributed by atoms with Gasteiger partial charge in [0.1, 0.15) is 0 Å². The van der Waals surface area contributed by atoms with Crippen molar-refractivity contribution in [2.24, 2.45) is 0 Å². The van der Waals surface area contributed by atoms with Crippen LogP contribution in [0.15, 0.2) is 42.9 Å². The molecule has 0 saturated heterocycles. The molecule has 0 aliphatic carbocycles. The summed E-state index contributed by atoms with van der Waals surface area (Å²) in [6, 6.07) is 7.66. The Labute approximate surface area is 103 Å². The van der Waals surface area contributed by atoms with Crippen LogP contribution in [0.25, 0.3) is 0 Å². The van der Waals surface area contributed by atoms with Crippen molar-refractivity contribution in [3.63, 3.8) is 0 Å². The first-order chi connectivity index (χ1) is 8.34. The molecule has 0 fully saturated rings. The molecule has 3 heterocycles. The molecule has 17 heavy (non-hydrogen) atoms. The predicted molar refractivity (Wildman–Crippen MR) is 67.6 cm³/mol. The fourth-order valence-electron chi connectivity index (χ4n) is 1.87. The quantitative estimate of drug-likeness (QED) is 0.882. The van der Waals surface area contributed by atoms with Crippen LogP contribution in [-0.2, 0) is 10.5 Å². The molecule has 1 aliphatic rings. The van der Waals surface area contributed by atoms with Crippen LogP contribution in [0.1, 0.15) is 11.1 Å². The molecule has 0 bridgehead atoms. The van der Waals surface area contributed by atoms with E-state index >= 15 is 0 Å². The van der Waals surface area contributed by atoms with Crippen molar-refractivity contribution in [1.29, 1.82) is 0 Å². The number of rotatable bonds is 2. The van der Waals surface area contributed by atoms with E-state index in [1.807, 2.05) is 29.0 Å². The third kappa shape index (κ3) is 1.93. The summed E-state index contributed by atoms with van der Waals surface area (Å²) in [5, 5.41) is 2.70. The van der Waals surface area contributed by atoms with E-state index in [1.54, 1.807) is 30.2 Å². The van der Waals surface area contributed by atoms with E-state index in [0.717, 1.165) is 11.4 Å². The summed E-state index contributed by atoms with van der Waals surface area (Å²) in [5.74, 6) is 0.885. The summed E-state index contributed by atoms with van der Waals surface area (Å²) in [6.45, 7) is 0. The highest BCUT2D eigenvalue weighted by Gasteiger charge is 2.27. The van der Waals surface area contributed by atoms with Gasteiger partial charge >= 0.3 is 0 Å². The van der Waals surface area contributed by atoms with Crippen LogP contribution in [0.5, 0.6) is 0 Å². The second-order valence-electron chi connectivity index (χ2n) is 3.80. The maximum absolute atomic E-state index is 12.1. The molecular weight excluding hydrogens is 234 g/mol. The first-order valence-corrected chi connectivity index (χ1v) is 6.38. The Hall–Kier alpha value is -1.75. The van der Waals surface area contributed by atoms with Gasteiger partial charge in [0.05, 0.1) is 11.9 Å². The van der Waals surface area contributed by atoms with Crippen molar-refractivity contribution in [3.8, 4) is 0 Å². The van der Waals surface area contributed by atoms with E-state index in [9.17, 15) is 4.79 Å². The number of pyridine rings is 1. The first kappa shape index (κ1) is 10.4. The maximum Gasteiger partial charge on any atom is 0.257 e. The largest absolute Gasteiger partial charge is 0.330 e. The second-order valence-corrected chi connectivity index (χ2v) is 4.87. The summed E-state index contributed by atoms with van der Waals surface area (Å²) in [7, 11) is 0. The van der Waals surface area contributed by atoms with Gasteiger partial charge in [0.25, 0.3) is 5.91 Å². The zero-order valence-corrected chi connectivity index (χ0v) is 9.85. The number of nitrogens with one attached hydrogen (secondary N) is 1. The SMILES string of the molecule is O=C(Nc1cccnc1)C1SCc2cccn21. The van der Waals surface area contributed by atoms with Gasteiger partial charge in [-0.2, -0.15) is 0 Å². The van der Waals surface area contributed by atoms with Crippen LogP contribution < -0.4 is 5.32 Å². The molecule has 1 amide bonds. The number of hydrogen-bond donors (Lipinski definition) is 1. The summed E-state index contributed by atoms with van der Waals surface area (Å²) >= 11 is 1.64. The Bertz CT molecular complexity index is 538. The molecule has 1 atom stereocenters. The Morgan fingerprint density at radius 3 is 3.24 bits per heavy atom. The van der Waals surface area contributed by atoms with Gasteiger partial charge in [-0.3, -0.25) is 9.78 Å². The smallest absolute Gasteiger partial charge is 0.257 e. The molecule has 5 heteroatoms. The molecule has 3 rings (SSSR count). The zero-order chi connectivity index (χ0) is 11.7. The molecule has 0 aromatic carbocycles. The Morgan fingerprint density at radius 1 is 1.47 bits per heavy atom. The van der Waals surface area contributed by atoms with Gasteiger partial charge in [-0.15, -0.1) is 11.8 Å². The molecule has 4 nitrogen and oxygen atoms in total. The molecule has 86 valence electrons. The van der Waals surface area contributed by atoms with E-state index in [2.05, 4.69) is 10.3 Å². The average Bonchev–Trinajstić information content (AvgIpc) is 2.91. The fraction of sp³-hybridized carbons (Fsp3) is 0.167. The summed E-state index contributed by atoms with van der Waals surface area (Å²) in [5.41, 5.74) is 1.93. The van der Waals surface area contributed by atoms with Crippen molar-refractivity contribution in [2.75, 3.05) is 5.32 Å². The maximum atomic E-state index is 12.1. The van der Waals surface area contributed by atoms with Crippen molar-refractivity contribution >= 4 is 23.4 Å². The Kier molecular flexibility index (Phi) is 2.60. The molecule has 0 radical (unpaired) electrons. The first-order valence-electron chi connectivity index (χ1n) is 5.33. The third-order valence-corrected chi connectivity index (χ3v) is 3.88. The fourth-order valence-corrected chi connectivity index (χ4v) is 3.02. The number of amides is 1. The van der Waals surface area contributed by atoms with E-state index < -0.39 is 0 Å². The number of carbonyl (C=O) groups excluding carboxylic acids is 1. The third-order valence-electron chi connectivity index (χ3n) is 2.66. The zero-order valence-electron chi connectivity index (χ0n) is 9.04. The highest BCUT2D eigenvalue weighted by molar-refractivity contribution is 7.99. The molecule has 1 N–H and O–H groups in total. The lowest BCUT2D eigenvalue weighted by Gasteiger charge is -2.12. The summed E-state index contributed by atoms with van der Waals surface area (Å²) in [4.78, 5) is 16.1. The van der Waals surface area contributed by atoms with Gasteiger partial charge in [-0.25, -0.2) is 0 Å². The number of thioether (sulfide) groups is 1. The number of aromatic nitrogens is 2. The highest BCUT2D eigenvalue weighted by atomic mass is 32.2. The van der Waals surface area contributed by atoms with Crippen LogP contribution in [0.2, 0.25) is 0 Å². The number of nitrogens with zero attached hydrogens (tertiary/aromatic N) is 2. The van der Waals surface area contributed by atoms with Crippen molar-refractivity contribution in [2.45, 2.75) is 11.1 Å². The summed E-state index contributed by atoms with van der Waals surface area (Å²) in [6.07, 6.45) is 5.28. The molecule has 1 unspecified atom stereocenters. The van der Waals surface area contributed by atoms with E-state index in [1.165, 1.54) is 5.69 Å². The van der Waals surface area contributed by atoms with Gasteiger partial charge < -0.3 is 9.88 Å². The molecule has 2 aromatic heterocycles. The standard InChI is InChI=1S/C12H11N3OS/c16-11(14-9-3-1-5-13-7-9)12-15-6-2-4-10(15)8-17-12/h1-7,12H,8H2,(H,14,16). The van der Waals surface area contributed by atoms with Crippen molar-refractivity contribution in [1.82, 2.24) is 9.55 Å². The van der Waals surface area contributed by atoms with E-state index in [0.29, 0.717) is 0 Å². The Balaban J connectivity index is 1.77. The van der Waals surface area contributed by atoms with Crippen LogP contribution >= 0.6 is 11.8 Å². The lowest BCUT2D eigenvalue weighted by atomic mass is 10.4. The molecular formula is C12H11N3OS. The van der Waals surface area contributed by atoms with Gasteiger partial charge in [0.2, 0.25) is 0 Å². The second kappa shape index (κ2) is 4.25. The van der Waals surface area contributed by atoms with Crippen LogP contribution in [-0.4, -0.2) is 15.5 Å². The minimum absolute atomic E-state index is 0.00190. The molecule has 2 aromatic rings. The monoisotopic (exact) mass is 245 g/mol. The van der Waals surface area contributed by atoms with Crippen LogP contribution in [0, 0.1) is 0 Å². The van der Waals surface area contributed by atoms with Crippen molar-refractivity contribution in [3.05, 3.63) is 48.5 Å². The van der Waals surface area contributed by atoms with E-state index in [4.69, 9.17) is 0 Å². The van der Waals surface area contributed by atoms with Crippen LogP contribution in [0.3, 0.4) is 0 Å². The summed E-state index contributed by atoms with van der Waals surface area (Å²) < 4.78 is 2.01. The Morgan fingerprint density at radius 2 is 2.41 bits per heavy atom. The number of hydrogen-bond acceptors (Lipinski definition) is 3. The number of carbonyl (C=O) groups is 1. The predicted octanol–water partition coefficient (Wildman–Crippen LogP) is 2.27. The van der Waals surface area contributed by atoms with E-state index in [-0.39, 0.29) is 11.3 Å². The highest BCUT2D eigenvalue weighted by Crippen LogP contribution is 2.36. The number of anilines is 1. The van der Waals surface area contributed by atoms with Gasteiger partial charge in [0, 0.05) is 23.8 Å². The average molecular weight is 245 g/mol.